The molecule has 0 aromatic heterocycles. The number of halogens is 2. The highest BCUT2D eigenvalue weighted by molar-refractivity contribution is 9.10. The molecule has 0 aliphatic carbocycles. The topological polar surface area (TPSA) is 32.3 Å². The Hall–Kier alpha value is -0.580. The fourth-order valence-electron chi connectivity index (χ4n) is 1.57. The van der Waals surface area contributed by atoms with Crippen molar-refractivity contribution in [2.75, 3.05) is 26.2 Å². The fraction of sp³-hybridized carbons (Fsp3) is 0.462. The van der Waals surface area contributed by atoms with Gasteiger partial charge in [0.1, 0.15) is 0 Å². The van der Waals surface area contributed by atoms with E-state index in [4.69, 9.17) is 0 Å². The Kier molecular flexibility index (Phi) is 9.06. The van der Waals surface area contributed by atoms with Gasteiger partial charge in [0.2, 0.25) is 0 Å². The van der Waals surface area contributed by atoms with Gasteiger partial charge in [-0.25, -0.2) is 0 Å². The van der Waals surface area contributed by atoms with Crippen LogP contribution in [-0.2, 0) is 0 Å². The molecule has 0 saturated carbocycles. The summed E-state index contributed by atoms with van der Waals surface area (Å²) in [5.74, 6) is -0.00958. The van der Waals surface area contributed by atoms with Crippen LogP contribution in [0.5, 0.6) is 0 Å². The van der Waals surface area contributed by atoms with Crippen molar-refractivity contribution in [3.05, 3.63) is 34.3 Å². The van der Waals surface area contributed by atoms with Gasteiger partial charge in [-0.2, -0.15) is 0 Å². The highest BCUT2D eigenvalue weighted by Gasteiger charge is 2.05. The van der Waals surface area contributed by atoms with Crippen LogP contribution in [0.2, 0.25) is 0 Å². The predicted molar refractivity (Wildman–Crippen MR) is 81.5 cm³/mol. The second-order valence-electron chi connectivity index (χ2n) is 3.79. The lowest BCUT2D eigenvalue weighted by Gasteiger charge is -2.17. The standard InChI is InChI=1S/C13H19BrN2O.ClH/c1-3-16(4-2)10-9-15-13(17)11-5-7-12(14)8-6-11;/h5-8H,3-4,9-10H2,1-2H3,(H,15,17);1H. The molecular weight excluding hydrogens is 316 g/mol. The van der Waals surface area contributed by atoms with Crippen LogP contribution >= 0.6 is 28.3 Å². The molecule has 1 rings (SSSR count). The smallest absolute Gasteiger partial charge is 0.251 e. The van der Waals surface area contributed by atoms with E-state index in [9.17, 15) is 4.79 Å². The molecule has 0 fully saturated rings. The number of carbonyl (C=O) groups is 1. The van der Waals surface area contributed by atoms with Gasteiger partial charge in [-0.1, -0.05) is 29.8 Å². The van der Waals surface area contributed by atoms with Gasteiger partial charge in [0.25, 0.3) is 5.91 Å². The Morgan fingerprint density at radius 1 is 1.22 bits per heavy atom. The Balaban J connectivity index is 0.00000289. The largest absolute Gasteiger partial charge is 0.351 e. The Labute approximate surface area is 123 Å². The van der Waals surface area contributed by atoms with Crippen LogP contribution < -0.4 is 5.32 Å². The second kappa shape index (κ2) is 9.36. The molecule has 102 valence electrons. The summed E-state index contributed by atoms with van der Waals surface area (Å²) in [7, 11) is 0. The number of amides is 1. The first kappa shape index (κ1) is 17.4. The van der Waals surface area contributed by atoms with Crippen LogP contribution in [0.4, 0.5) is 0 Å². The molecule has 0 unspecified atom stereocenters. The summed E-state index contributed by atoms with van der Waals surface area (Å²) in [6, 6.07) is 7.38. The van der Waals surface area contributed by atoms with Gasteiger partial charge in [-0.15, -0.1) is 12.4 Å². The summed E-state index contributed by atoms with van der Waals surface area (Å²) in [6.45, 7) is 7.88. The second-order valence-corrected chi connectivity index (χ2v) is 4.71. The highest BCUT2D eigenvalue weighted by Crippen LogP contribution is 2.10. The number of hydrogen-bond acceptors (Lipinski definition) is 2. The van der Waals surface area contributed by atoms with Gasteiger partial charge in [0, 0.05) is 23.1 Å². The minimum absolute atomic E-state index is 0. The normalized spacial score (nSPS) is 10.0. The number of nitrogens with zero attached hydrogens (tertiary/aromatic N) is 1. The number of carbonyl (C=O) groups excluding carboxylic acids is 1. The zero-order valence-electron chi connectivity index (χ0n) is 10.8. The molecule has 5 heteroatoms. The van der Waals surface area contributed by atoms with E-state index >= 15 is 0 Å². The van der Waals surface area contributed by atoms with E-state index < -0.39 is 0 Å². The first-order valence-corrected chi connectivity index (χ1v) is 6.72. The molecule has 0 heterocycles. The molecule has 0 aliphatic heterocycles. The van der Waals surface area contributed by atoms with Gasteiger partial charge < -0.3 is 10.2 Å². The minimum Gasteiger partial charge on any atom is -0.351 e. The maximum atomic E-state index is 11.8. The van der Waals surface area contributed by atoms with Crippen molar-refractivity contribution in [2.24, 2.45) is 0 Å². The van der Waals surface area contributed by atoms with E-state index in [0.717, 1.165) is 24.1 Å². The average Bonchev–Trinajstić information content (AvgIpc) is 2.35. The number of likely N-dealkylation sites (N-methyl/N-ethyl adjacent to an activating group) is 1. The maximum absolute atomic E-state index is 11.8. The molecular formula is C13H20BrClN2O. The molecule has 0 bridgehead atoms. The van der Waals surface area contributed by atoms with Crippen LogP contribution in [-0.4, -0.2) is 37.0 Å². The molecule has 0 saturated heterocycles. The Bertz CT molecular complexity index is 353. The molecule has 1 N–H and O–H groups in total. The lowest BCUT2D eigenvalue weighted by Crippen LogP contribution is -2.34. The van der Waals surface area contributed by atoms with Crippen LogP contribution in [0.3, 0.4) is 0 Å². The molecule has 1 aromatic rings. The quantitative estimate of drug-likeness (QED) is 0.867. The lowest BCUT2D eigenvalue weighted by atomic mass is 10.2. The maximum Gasteiger partial charge on any atom is 0.251 e. The van der Waals surface area contributed by atoms with Crippen LogP contribution in [0, 0.1) is 0 Å². The number of rotatable bonds is 6. The van der Waals surface area contributed by atoms with Crippen molar-refractivity contribution < 1.29 is 4.79 Å². The monoisotopic (exact) mass is 334 g/mol. The van der Waals surface area contributed by atoms with E-state index in [1.165, 1.54) is 0 Å². The van der Waals surface area contributed by atoms with E-state index in [-0.39, 0.29) is 18.3 Å². The molecule has 0 aliphatic rings. The SMILES string of the molecule is CCN(CC)CCNC(=O)c1ccc(Br)cc1.Cl. The van der Waals surface area contributed by atoms with Crippen molar-refractivity contribution in [1.82, 2.24) is 10.2 Å². The van der Waals surface area contributed by atoms with Crippen molar-refractivity contribution >= 4 is 34.2 Å². The molecule has 0 spiro atoms. The lowest BCUT2D eigenvalue weighted by molar-refractivity contribution is 0.0949. The van der Waals surface area contributed by atoms with E-state index in [0.29, 0.717) is 12.1 Å². The summed E-state index contributed by atoms with van der Waals surface area (Å²) in [4.78, 5) is 14.0. The molecule has 18 heavy (non-hydrogen) atoms. The average molecular weight is 336 g/mol. The van der Waals surface area contributed by atoms with Gasteiger partial charge in [-0.3, -0.25) is 4.79 Å². The predicted octanol–water partition coefficient (Wildman–Crippen LogP) is 2.94. The summed E-state index contributed by atoms with van der Waals surface area (Å²) in [5, 5.41) is 2.92. The first-order chi connectivity index (χ1) is 8.17. The fourth-order valence-corrected chi connectivity index (χ4v) is 1.84. The number of hydrogen-bond donors (Lipinski definition) is 1. The van der Waals surface area contributed by atoms with Gasteiger partial charge in [0.05, 0.1) is 0 Å². The molecule has 1 amide bonds. The third-order valence-corrected chi connectivity index (χ3v) is 3.24. The third-order valence-electron chi connectivity index (χ3n) is 2.71. The van der Waals surface area contributed by atoms with Crippen LogP contribution in [0.25, 0.3) is 0 Å². The highest BCUT2D eigenvalue weighted by atomic mass is 79.9. The van der Waals surface area contributed by atoms with E-state index in [1.54, 1.807) is 0 Å². The molecule has 3 nitrogen and oxygen atoms in total. The van der Waals surface area contributed by atoms with Crippen molar-refractivity contribution in [3.8, 4) is 0 Å². The van der Waals surface area contributed by atoms with Crippen molar-refractivity contribution in [3.63, 3.8) is 0 Å². The molecule has 0 radical (unpaired) electrons. The van der Waals surface area contributed by atoms with Crippen molar-refractivity contribution in [1.29, 1.82) is 0 Å². The minimum atomic E-state index is -0.00958. The summed E-state index contributed by atoms with van der Waals surface area (Å²) < 4.78 is 0.984. The summed E-state index contributed by atoms with van der Waals surface area (Å²) in [6.07, 6.45) is 0. The number of nitrogens with one attached hydrogen (secondary N) is 1. The zero-order chi connectivity index (χ0) is 12.7. The van der Waals surface area contributed by atoms with E-state index in [2.05, 4.69) is 40.0 Å². The first-order valence-electron chi connectivity index (χ1n) is 5.93. The summed E-state index contributed by atoms with van der Waals surface area (Å²) >= 11 is 3.35. The summed E-state index contributed by atoms with van der Waals surface area (Å²) in [5.41, 5.74) is 0.702. The zero-order valence-corrected chi connectivity index (χ0v) is 13.2. The van der Waals surface area contributed by atoms with Gasteiger partial charge in [-0.05, 0) is 37.4 Å². The Morgan fingerprint density at radius 2 is 1.78 bits per heavy atom. The van der Waals surface area contributed by atoms with Gasteiger partial charge in [0.15, 0.2) is 0 Å². The van der Waals surface area contributed by atoms with Crippen LogP contribution in [0.15, 0.2) is 28.7 Å². The van der Waals surface area contributed by atoms with Crippen molar-refractivity contribution in [2.45, 2.75) is 13.8 Å². The third kappa shape index (κ3) is 5.85. The number of benzene rings is 1. The Morgan fingerprint density at radius 3 is 2.28 bits per heavy atom. The molecule has 0 atom stereocenters. The molecule has 1 aromatic carbocycles. The van der Waals surface area contributed by atoms with Gasteiger partial charge >= 0.3 is 0 Å². The van der Waals surface area contributed by atoms with Crippen LogP contribution in [0.1, 0.15) is 24.2 Å². The van der Waals surface area contributed by atoms with E-state index in [1.807, 2.05) is 24.3 Å².